The molecule has 118 valence electrons. The van der Waals surface area contributed by atoms with Crippen molar-refractivity contribution in [2.75, 3.05) is 12.8 Å². The Labute approximate surface area is 139 Å². The monoisotopic (exact) mass is 357 g/mol. The summed E-state index contributed by atoms with van der Waals surface area (Å²) in [7, 11) is -3.25. The number of benzene rings is 1. The minimum atomic E-state index is -3.25. The number of halogens is 1. The summed E-state index contributed by atoms with van der Waals surface area (Å²) in [6.07, 6.45) is 1.14. The maximum absolute atomic E-state index is 12.5. The molecule has 0 spiro atoms. The number of sulfone groups is 1. The van der Waals surface area contributed by atoms with E-state index in [2.05, 4.69) is 0 Å². The molecule has 0 aliphatic heterocycles. The van der Waals surface area contributed by atoms with Crippen molar-refractivity contribution >= 4 is 38.7 Å². The van der Waals surface area contributed by atoms with Gasteiger partial charge >= 0.3 is 0 Å². The lowest BCUT2D eigenvalue weighted by Gasteiger charge is -2.20. The first-order valence-electron chi connectivity index (χ1n) is 6.65. The highest BCUT2D eigenvalue weighted by Gasteiger charge is 2.16. The Kier molecular flexibility index (Phi) is 5.26. The van der Waals surface area contributed by atoms with E-state index in [4.69, 9.17) is 11.6 Å². The zero-order valence-electron chi connectivity index (χ0n) is 12.2. The van der Waals surface area contributed by atoms with Gasteiger partial charge in [-0.25, -0.2) is 8.42 Å². The molecule has 2 rings (SSSR count). The van der Waals surface area contributed by atoms with E-state index >= 15 is 0 Å². The third kappa shape index (κ3) is 4.09. The van der Waals surface area contributed by atoms with Gasteiger partial charge in [-0.1, -0.05) is 11.6 Å². The van der Waals surface area contributed by atoms with E-state index in [-0.39, 0.29) is 10.8 Å². The highest BCUT2D eigenvalue weighted by atomic mass is 35.5. The van der Waals surface area contributed by atoms with Gasteiger partial charge in [0.2, 0.25) is 0 Å². The maximum Gasteiger partial charge on any atom is 0.254 e. The van der Waals surface area contributed by atoms with Crippen LogP contribution in [0.1, 0.15) is 22.2 Å². The van der Waals surface area contributed by atoms with E-state index in [1.807, 2.05) is 13.0 Å². The molecule has 1 aromatic heterocycles. The van der Waals surface area contributed by atoms with Crippen molar-refractivity contribution in [3.63, 3.8) is 0 Å². The van der Waals surface area contributed by atoms with Crippen molar-refractivity contribution < 1.29 is 13.2 Å². The summed E-state index contributed by atoms with van der Waals surface area (Å²) in [4.78, 5) is 15.4. The van der Waals surface area contributed by atoms with E-state index in [9.17, 15) is 13.2 Å². The van der Waals surface area contributed by atoms with Crippen LogP contribution < -0.4 is 0 Å². The van der Waals surface area contributed by atoms with E-state index in [0.29, 0.717) is 23.0 Å². The normalized spacial score (nSPS) is 11.4. The Morgan fingerprint density at radius 1 is 1.18 bits per heavy atom. The molecule has 4 nitrogen and oxygen atoms in total. The lowest BCUT2D eigenvalue weighted by molar-refractivity contribution is 0.0754. The van der Waals surface area contributed by atoms with Gasteiger partial charge in [0.1, 0.15) is 0 Å². The van der Waals surface area contributed by atoms with Crippen LogP contribution >= 0.6 is 22.9 Å². The molecule has 0 bridgehead atoms. The molecular weight excluding hydrogens is 342 g/mol. The standard InChI is InChI=1S/C15H16ClNO3S2/c1-3-17(10-12-6-9-14(16)21-12)15(18)11-4-7-13(8-5-11)22(2,19)20/h4-9H,3,10H2,1-2H3. The molecule has 0 saturated heterocycles. The average Bonchev–Trinajstić information content (AvgIpc) is 2.88. The quantitative estimate of drug-likeness (QED) is 0.823. The van der Waals surface area contributed by atoms with Crippen LogP contribution in [0.25, 0.3) is 0 Å². The van der Waals surface area contributed by atoms with Gasteiger partial charge in [0.05, 0.1) is 15.8 Å². The fourth-order valence-corrected chi connectivity index (χ4v) is 3.71. The largest absolute Gasteiger partial charge is 0.334 e. The van der Waals surface area contributed by atoms with Crippen LogP contribution in [0.5, 0.6) is 0 Å². The van der Waals surface area contributed by atoms with Crippen molar-refractivity contribution in [3.05, 3.63) is 51.2 Å². The van der Waals surface area contributed by atoms with Crippen LogP contribution in [0, 0.1) is 0 Å². The molecule has 0 N–H and O–H groups in total. The van der Waals surface area contributed by atoms with Crippen LogP contribution in [-0.4, -0.2) is 32.0 Å². The van der Waals surface area contributed by atoms with Gasteiger partial charge in [-0.3, -0.25) is 4.79 Å². The van der Waals surface area contributed by atoms with E-state index in [1.54, 1.807) is 23.1 Å². The first-order valence-corrected chi connectivity index (χ1v) is 9.73. The van der Waals surface area contributed by atoms with Gasteiger partial charge in [0, 0.05) is 23.2 Å². The first kappa shape index (κ1) is 17.0. The Morgan fingerprint density at radius 2 is 1.82 bits per heavy atom. The zero-order chi connectivity index (χ0) is 16.3. The van der Waals surface area contributed by atoms with Gasteiger partial charge in [-0.15, -0.1) is 11.3 Å². The van der Waals surface area contributed by atoms with Gasteiger partial charge in [-0.2, -0.15) is 0 Å². The molecule has 0 fully saturated rings. The maximum atomic E-state index is 12.5. The van der Waals surface area contributed by atoms with E-state index < -0.39 is 9.84 Å². The highest BCUT2D eigenvalue weighted by Crippen LogP contribution is 2.23. The number of carbonyl (C=O) groups is 1. The van der Waals surface area contributed by atoms with Crippen molar-refractivity contribution in [1.29, 1.82) is 0 Å². The number of thiophene rings is 1. The second kappa shape index (κ2) is 6.81. The van der Waals surface area contributed by atoms with Crippen molar-refractivity contribution in [3.8, 4) is 0 Å². The Bertz CT molecular complexity index is 766. The summed E-state index contributed by atoms with van der Waals surface area (Å²) >= 11 is 7.34. The molecule has 2 aromatic rings. The lowest BCUT2D eigenvalue weighted by atomic mass is 10.2. The zero-order valence-corrected chi connectivity index (χ0v) is 14.6. The van der Waals surface area contributed by atoms with E-state index in [0.717, 1.165) is 11.1 Å². The second-order valence-electron chi connectivity index (χ2n) is 4.82. The average molecular weight is 358 g/mol. The second-order valence-corrected chi connectivity index (χ2v) is 8.64. The van der Waals surface area contributed by atoms with Crippen molar-refractivity contribution in [2.45, 2.75) is 18.4 Å². The number of nitrogens with zero attached hydrogens (tertiary/aromatic N) is 1. The summed E-state index contributed by atoms with van der Waals surface area (Å²) in [6.45, 7) is 2.95. The number of carbonyl (C=O) groups excluding carboxylic acids is 1. The smallest absolute Gasteiger partial charge is 0.254 e. The minimum Gasteiger partial charge on any atom is -0.334 e. The summed E-state index contributed by atoms with van der Waals surface area (Å²) in [6, 6.07) is 9.71. The highest BCUT2D eigenvalue weighted by molar-refractivity contribution is 7.90. The van der Waals surface area contributed by atoms with Crippen LogP contribution in [0.3, 0.4) is 0 Å². The molecule has 0 saturated carbocycles. The topological polar surface area (TPSA) is 54.5 Å². The number of hydrogen-bond acceptors (Lipinski definition) is 4. The van der Waals surface area contributed by atoms with Gasteiger partial charge in [0.25, 0.3) is 5.91 Å². The predicted octanol–water partition coefficient (Wildman–Crippen LogP) is 3.47. The minimum absolute atomic E-state index is 0.132. The fraction of sp³-hybridized carbons (Fsp3) is 0.267. The summed E-state index contributed by atoms with van der Waals surface area (Å²) in [5, 5.41) is 0. The number of amides is 1. The molecular formula is C15H16ClNO3S2. The molecule has 1 heterocycles. The molecule has 0 aliphatic carbocycles. The van der Waals surface area contributed by atoms with Crippen molar-refractivity contribution in [2.24, 2.45) is 0 Å². The predicted molar refractivity (Wildman–Crippen MR) is 89.3 cm³/mol. The Balaban J connectivity index is 2.17. The van der Waals surface area contributed by atoms with E-state index in [1.165, 1.54) is 23.5 Å². The molecule has 7 heteroatoms. The molecule has 0 atom stereocenters. The van der Waals surface area contributed by atoms with Gasteiger partial charge in [-0.05, 0) is 43.3 Å². The van der Waals surface area contributed by atoms with Crippen LogP contribution in [0.4, 0.5) is 0 Å². The Hall–Kier alpha value is -1.37. The van der Waals surface area contributed by atoms with Crippen LogP contribution in [0.15, 0.2) is 41.3 Å². The third-order valence-electron chi connectivity index (χ3n) is 3.17. The van der Waals surface area contributed by atoms with Gasteiger partial charge < -0.3 is 4.90 Å². The summed E-state index contributed by atoms with van der Waals surface area (Å²) in [5.41, 5.74) is 0.469. The van der Waals surface area contributed by atoms with Gasteiger partial charge in [0.15, 0.2) is 9.84 Å². The van der Waals surface area contributed by atoms with Crippen LogP contribution in [0.2, 0.25) is 4.34 Å². The fourth-order valence-electron chi connectivity index (χ4n) is 1.98. The summed E-state index contributed by atoms with van der Waals surface area (Å²) in [5.74, 6) is -0.132. The molecule has 0 unspecified atom stereocenters. The SMILES string of the molecule is CCN(Cc1ccc(Cl)s1)C(=O)c1ccc(S(C)(=O)=O)cc1. The van der Waals surface area contributed by atoms with Crippen LogP contribution in [-0.2, 0) is 16.4 Å². The molecule has 22 heavy (non-hydrogen) atoms. The van der Waals surface area contributed by atoms with Crippen molar-refractivity contribution in [1.82, 2.24) is 4.90 Å². The Morgan fingerprint density at radius 3 is 2.27 bits per heavy atom. The number of hydrogen-bond donors (Lipinski definition) is 0. The number of rotatable bonds is 5. The third-order valence-corrected chi connectivity index (χ3v) is 5.52. The molecule has 0 radical (unpaired) electrons. The first-order chi connectivity index (χ1) is 10.3. The summed E-state index contributed by atoms with van der Waals surface area (Å²) < 4.78 is 23.6. The molecule has 0 aliphatic rings. The molecule has 1 aromatic carbocycles. The lowest BCUT2D eigenvalue weighted by Crippen LogP contribution is -2.29. The molecule has 1 amide bonds.